The van der Waals surface area contributed by atoms with Crippen molar-refractivity contribution in [3.05, 3.63) is 119 Å². The van der Waals surface area contributed by atoms with Gasteiger partial charge in [-0.2, -0.15) is 13.2 Å². The maximum Gasteiger partial charge on any atom is 0.501 e. The van der Waals surface area contributed by atoms with Gasteiger partial charge in [0.05, 0.1) is 23.8 Å². The van der Waals surface area contributed by atoms with Gasteiger partial charge in [0, 0.05) is 105 Å². The molecule has 2 saturated heterocycles. The van der Waals surface area contributed by atoms with Gasteiger partial charge in [-0.1, -0.05) is 74.0 Å². The van der Waals surface area contributed by atoms with Crippen molar-refractivity contribution in [3.63, 3.8) is 0 Å². The van der Waals surface area contributed by atoms with Crippen molar-refractivity contribution in [1.82, 2.24) is 19.4 Å². The van der Waals surface area contributed by atoms with Crippen molar-refractivity contribution in [2.24, 2.45) is 0 Å². The fraction of sp³-hybridized carbons (Fsp3) is 0.481. The summed E-state index contributed by atoms with van der Waals surface area (Å²) in [5.41, 5.74) is -1.41. The number of sulfonamides is 1. The Morgan fingerprint density at radius 3 is 2.08 bits per heavy atom. The first-order chi connectivity index (χ1) is 35.9. The van der Waals surface area contributed by atoms with Crippen LogP contribution in [0.2, 0.25) is 5.02 Å². The summed E-state index contributed by atoms with van der Waals surface area (Å²) in [5.74, 6) is -1.41. The molecule has 75 heavy (non-hydrogen) atoms. The number of alkyl halides is 3. The summed E-state index contributed by atoms with van der Waals surface area (Å²) >= 11 is 7.71. The molecule has 3 aliphatic heterocycles. The van der Waals surface area contributed by atoms with E-state index < -0.39 is 58.8 Å². The standard InChI is InChI=1S/C54H68ClF3N6O8S3/c55-44-18-14-41(15-19-44)49-25-28-62(26-10-5-3-1-2-4-9-13-52(65)66)38-43(49)39-63-29-31-64(32-30-63)46-20-16-42(17-21-46)53(67)60-75(70,71)48-22-23-50(51(37-48)74(68,69)54(56,57)58)59-45(24-27-61-33-35-72-36-34-61)40-73-47-11-7-6-8-12-47/h6-8,11-12,14-23,37,45,59H,1-5,9-10,13,24-36,38-40H2,(H,60,67)(H,65,66)/t45-/m1/s1. The van der Waals surface area contributed by atoms with Crippen LogP contribution in [0.25, 0.3) is 5.57 Å². The van der Waals surface area contributed by atoms with E-state index in [2.05, 4.69) is 37.0 Å². The number of rotatable bonds is 26. The minimum absolute atomic E-state index is 0.0158. The molecule has 14 nitrogen and oxygen atoms in total. The zero-order valence-electron chi connectivity index (χ0n) is 42.1. The molecule has 1 atom stereocenters. The van der Waals surface area contributed by atoms with E-state index in [0.717, 1.165) is 113 Å². The van der Waals surface area contributed by atoms with Crippen LogP contribution < -0.4 is 14.9 Å². The number of ether oxygens (including phenoxy) is 1. The third-order valence-corrected chi connectivity index (χ3v) is 18.2. The lowest BCUT2D eigenvalue weighted by atomic mass is 9.92. The minimum Gasteiger partial charge on any atom is -0.481 e. The molecule has 3 N–H and O–H groups in total. The number of anilines is 2. The van der Waals surface area contributed by atoms with E-state index in [0.29, 0.717) is 69.2 Å². The fourth-order valence-electron chi connectivity index (χ4n) is 9.65. The van der Waals surface area contributed by atoms with E-state index in [1.807, 2.05) is 47.2 Å². The summed E-state index contributed by atoms with van der Waals surface area (Å²) in [4.78, 5) is 32.4. The molecule has 0 unspecified atom stereocenters. The Labute approximate surface area is 449 Å². The number of unbranched alkanes of at least 4 members (excludes halogenated alkanes) is 6. The number of carboxylic acids is 1. The molecule has 0 bridgehead atoms. The van der Waals surface area contributed by atoms with Gasteiger partial charge >= 0.3 is 11.5 Å². The maximum atomic E-state index is 14.3. The van der Waals surface area contributed by atoms with Crippen molar-refractivity contribution in [3.8, 4) is 0 Å². The molecule has 4 aromatic carbocycles. The highest BCUT2D eigenvalue weighted by atomic mass is 35.5. The first kappa shape index (κ1) is 58.0. The van der Waals surface area contributed by atoms with Gasteiger partial charge in [0.2, 0.25) is 0 Å². The summed E-state index contributed by atoms with van der Waals surface area (Å²) in [6.07, 6.45) is 8.92. The van der Waals surface area contributed by atoms with Crippen LogP contribution in [-0.2, 0) is 29.4 Å². The topological polar surface area (TPSA) is 169 Å². The molecule has 408 valence electrons. The van der Waals surface area contributed by atoms with Crippen molar-refractivity contribution in [2.75, 3.05) is 101 Å². The summed E-state index contributed by atoms with van der Waals surface area (Å²) in [6.45, 7) is 9.67. The minimum atomic E-state index is -6.07. The Kier molecular flexibility index (Phi) is 21.3. The number of halogens is 4. The first-order valence-corrected chi connectivity index (χ1v) is 30.0. The highest BCUT2D eigenvalue weighted by Gasteiger charge is 2.48. The molecule has 4 aromatic rings. The van der Waals surface area contributed by atoms with Gasteiger partial charge in [-0.05, 0) is 116 Å². The van der Waals surface area contributed by atoms with E-state index in [-0.39, 0.29) is 12.0 Å². The second-order valence-corrected chi connectivity index (χ2v) is 24.4. The number of morpholine rings is 1. The van der Waals surface area contributed by atoms with E-state index in [9.17, 15) is 39.6 Å². The van der Waals surface area contributed by atoms with Gasteiger partial charge in [-0.3, -0.25) is 24.3 Å². The van der Waals surface area contributed by atoms with Crippen LogP contribution in [-0.4, -0.2) is 151 Å². The van der Waals surface area contributed by atoms with Crippen molar-refractivity contribution in [1.29, 1.82) is 0 Å². The van der Waals surface area contributed by atoms with Crippen LogP contribution in [0.3, 0.4) is 0 Å². The predicted molar refractivity (Wildman–Crippen MR) is 290 cm³/mol. The molecule has 0 saturated carbocycles. The molecule has 21 heteroatoms. The Bertz CT molecular complexity index is 2760. The van der Waals surface area contributed by atoms with Crippen LogP contribution in [0.15, 0.2) is 117 Å². The van der Waals surface area contributed by atoms with E-state index >= 15 is 0 Å². The van der Waals surface area contributed by atoms with E-state index in [1.165, 1.54) is 40.6 Å². The summed E-state index contributed by atoms with van der Waals surface area (Å²) in [7, 11) is -10.9. The third-order valence-electron chi connectivity index (χ3n) is 13.9. The summed E-state index contributed by atoms with van der Waals surface area (Å²) in [6, 6.07) is 25.7. The van der Waals surface area contributed by atoms with Crippen LogP contribution >= 0.6 is 23.4 Å². The predicted octanol–water partition coefficient (Wildman–Crippen LogP) is 9.53. The number of sulfone groups is 1. The van der Waals surface area contributed by atoms with Crippen molar-refractivity contribution < 1.29 is 49.4 Å². The molecule has 2 fully saturated rings. The molecule has 0 spiro atoms. The lowest BCUT2D eigenvalue weighted by Gasteiger charge is -2.39. The molecule has 1 amide bonds. The second kappa shape index (κ2) is 27.6. The number of hydrogen-bond acceptors (Lipinski definition) is 13. The summed E-state index contributed by atoms with van der Waals surface area (Å²) < 4.78 is 104. The van der Waals surface area contributed by atoms with Crippen LogP contribution in [0.4, 0.5) is 24.5 Å². The lowest BCUT2D eigenvalue weighted by molar-refractivity contribution is -0.137. The Morgan fingerprint density at radius 2 is 1.41 bits per heavy atom. The van der Waals surface area contributed by atoms with Gasteiger partial charge in [-0.25, -0.2) is 21.6 Å². The van der Waals surface area contributed by atoms with Crippen LogP contribution in [0.5, 0.6) is 0 Å². The molecular weight excluding hydrogens is 1050 g/mol. The quantitative estimate of drug-likeness (QED) is 0.0402. The Hall–Kier alpha value is -4.67. The van der Waals surface area contributed by atoms with Crippen LogP contribution in [0, 0.1) is 0 Å². The SMILES string of the molecule is O=C(O)CCCCCCCCCN1CCC(c2ccc(Cl)cc2)=C(CN2CCN(c3ccc(C(=O)NS(=O)(=O)c4ccc(N[C@H](CCN5CCOCC5)CSc5ccccc5)c(S(=O)(=O)C(F)(F)F)c4)cc3)CC2)C1. The average Bonchev–Trinajstić information content (AvgIpc) is 3.40. The zero-order chi connectivity index (χ0) is 53.4. The number of hydrogen-bond donors (Lipinski definition) is 3. The van der Waals surface area contributed by atoms with Crippen molar-refractivity contribution >= 4 is 72.0 Å². The number of carbonyl (C=O) groups is 2. The Morgan fingerprint density at radius 1 is 0.747 bits per heavy atom. The number of nitrogens with one attached hydrogen (secondary N) is 2. The van der Waals surface area contributed by atoms with Gasteiger partial charge in [0.25, 0.3) is 25.8 Å². The first-order valence-electron chi connectivity index (χ1n) is 25.7. The monoisotopic (exact) mass is 1120 g/mol. The normalized spacial score (nSPS) is 17.0. The number of carbonyl (C=O) groups excluding carboxylic acids is 1. The number of carboxylic acid groups (broad SMARTS) is 1. The molecule has 0 aliphatic carbocycles. The molecule has 3 aliphatic rings. The Balaban J connectivity index is 0.960. The summed E-state index contributed by atoms with van der Waals surface area (Å²) in [5, 5.41) is 12.6. The van der Waals surface area contributed by atoms with E-state index in [1.54, 1.807) is 12.1 Å². The lowest BCUT2D eigenvalue weighted by Crippen LogP contribution is -2.48. The molecule has 0 aromatic heterocycles. The smallest absolute Gasteiger partial charge is 0.481 e. The number of amides is 1. The highest BCUT2D eigenvalue weighted by molar-refractivity contribution is 7.99. The zero-order valence-corrected chi connectivity index (χ0v) is 45.3. The van der Waals surface area contributed by atoms with Gasteiger partial charge < -0.3 is 20.1 Å². The number of aliphatic carboxylic acids is 1. The maximum absolute atomic E-state index is 14.3. The third kappa shape index (κ3) is 17.2. The number of nitrogens with zero attached hydrogens (tertiary/aromatic N) is 4. The van der Waals surface area contributed by atoms with Crippen LogP contribution in [0.1, 0.15) is 80.1 Å². The molecule has 0 radical (unpaired) electrons. The molecule has 7 rings (SSSR count). The second-order valence-electron chi connectivity index (χ2n) is 19.3. The molecule has 3 heterocycles. The largest absolute Gasteiger partial charge is 0.501 e. The van der Waals surface area contributed by atoms with E-state index in [4.69, 9.17) is 21.4 Å². The average molecular weight is 1120 g/mol. The highest BCUT2D eigenvalue weighted by Crippen LogP contribution is 2.37. The van der Waals surface area contributed by atoms with Gasteiger partial charge in [0.15, 0.2) is 0 Å². The number of thioether (sulfide) groups is 1. The van der Waals surface area contributed by atoms with Gasteiger partial charge in [0.1, 0.15) is 4.90 Å². The molecular formula is C54H68ClF3N6O8S3. The van der Waals surface area contributed by atoms with Crippen molar-refractivity contribution in [2.45, 2.75) is 90.4 Å². The number of piperazine rings is 1. The number of benzene rings is 4. The van der Waals surface area contributed by atoms with Gasteiger partial charge in [-0.15, -0.1) is 11.8 Å². The fourth-order valence-corrected chi connectivity index (χ4v) is 12.8.